The van der Waals surface area contributed by atoms with Crippen LogP contribution in [0.3, 0.4) is 0 Å². The molecule has 1 amide bonds. The molecule has 3 N–H and O–H groups in total. The van der Waals surface area contributed by atoms with Gasteiger partial charge >= 0.3 is 0 Å². The molecule has 8 heteroatoms. The van der Waals surface area contributed by atoms with Crippen molar-refractivity contribution in [1.29, 1.82) is 0 Å². The second-order valence-corrected chi connectivity index (χ2v) is 6.30. The molecule has 3 aromatic rings. The van der Waals surface area contributed by atoms with Crippen LogP contribution in [0.15, 0.2) is 48.7 Å². The second kappa shape index (κ2) is 8.90. The number of carbonyl (C=O) groups is 1. The van der Waals surface area contributed by atoms with Crippen LogP contribution in [0.4, 0.5) is 21.8 Å². The fraction of sp³-hybridized carbons (Fsp3) is 0.200. The highest BCUT2D eigenvalue weighted by Crippen LogP contribution is 2.12. The van der Waals surface area contributed by atoms with Crippen molar-refractivity contribution in [2.45, 2.75) is 13.8 Å². The molecule has 0 saturated carbocycles. The summed E-state index contributed by atoms with van der Waals surface area (Å²) in [6.07, 6.45) is 1.77. The molecule has 0 spiro atoms. The van der Waals surface area contributed by atoms with Crippen molar-refractivity contribution in [3.05, 3.63) is 71.2 Å². The van der Waals surface area contributed by atoms with Gasteiger partial charge in [0.25, 0.3) is 5.91 Å². The van der Waals surface area contributed by atoms with E-state index < -0.39 is 5.82 Å². The van der Waals surface area contributed by atoms with Crippen LogP contribution in [0.25, 0.3) is 0 Å². The van der Waals surface area contributed by atoms with Crippen LogP contribution in [0, 0.1) is 19.7 Å². The van der Waals surface area contributed by atoms with Gasteiger partial charge in [0, 0.05) is 24.8 Å². The zero-order chi connectivity index (χ0) is 19.9. The highest BCUT2D eigenvalue weighted by molar-refractivity contribution is 5.94. The van der Waals surface area contributed by atoms with Gasteiger partial charge in [-0.1, -0.05) is 12.1 Å². The first-order chi connectivity index (χ1) is 13.5. The van der Waals surface area contributed by atoms with Crippen LogP contribution in [0.5, 0.6) is 0 Å². The number of hydrogen-bond acceptors (Lipinski definition) is 6. The summed E-state index contributed by atoms with van der Waals surface area (Å²) < 4.78 is 13.5. The number of anilines is 3. The number of aromatic nitrogens is 3. The first kappa shape index (κ1) is 19.2. The molecule has 0 aliphatic heterocycles. The molecule has 28 heavy (non-hydrogen) atoms. The van der Waals surface area contributed by atoms with Crippen LogP contribution in [0.2, 0.25) is 0 Å². The first-order valence-electron chi connectivity index (χ1n) is 8.83. The Morgan fingerprint density at radius 1 is 0.964 bits per heavy atom. The minimum absolute atomic E-state index is 0.294. The van der Waals surface area contributed by atoms with E-state index in [0.717, 1.165) is 5.56 Å². The highest BCUT2D eigenvalue weighted by Gasteiger charge is 2.07. The quantitative estimate of drug-likeness (QED) is 0.545. The van der Waals surface area contributed by atoms with Gasteiger partial charge in [0.1, 0.15) is 17.5 Å². The highest BCUT2D eigenvalue weighted by atomic mass is 19.1. The number of pyridine rings is 1. The Bertz CT molecular complexity index is 944. The van der Waals surface area contributed by atoms with E-state index in [4.69, 9.17) is 0 Å². The number of carbonyl (C=O) groups excluding carboxylic acids is 1. The third-order valence-electron chi connectivity index (χ3n) is 3.98. The molecule has 2 aromatic heterocycles. The summed E-state index contributed by atoms with van der Waals surface area (Å²) in [6, 6.07) is 11.8. The number of aryl methyl sites for hydroxylation is 2. The average molecular weight is 380 g/mol. The van der Waals surface area contributed by atoms with Crippen LogP contribution >= 0.6 is 0 Å². The fourth-order valence-electron chi connectivity index (χ4n) is 2.37. The molecule has 1 aromatic carbocycles. The third-order valence-corrected chi connectivity index (χ3v) is 3.98. The van der Waals surface area contributed by atoms with Gasteiger partial charge in [0.05, 0.1) is 0 Å². The second-order valence-electron chi connectivity index (χ2n) is 6.30. The predicted molar refractivity (Wildman–Crippen MR) is 106 cm³/mol. The van der Waals surface area contributed by atoms with Gasteiger partial charge in [-0.2, -0.15) is 0 Å². The topological polar surface area (TPSA) is 91.8 Å². The van der Waals surface area contributed by atoms with Crippen LogP contribution < -0.4 is 16.0 Å². The number of benzene rings is 1. The van der Waals surface area contributed by atoms with E-state index in [1.54, 1.807) is 37.4 Å². The maximum atomic E-state index is 13.5. The van der Waals surface area contributed by atoms with Gasteiger partial charge in [0.15, 0.2) is 5.82 Å². The van der Waals surface area contributed by atoms with Crippen molar-refractivity contribution < 1.29 is 9.18 Å². The number of hydrogen-bond donors (Lipinski definition) is 3. The number of nitrogens with one attached hydrogen (secondary N) is 3. The molecular formula is C20H21FN6O. The van der Waals surface area contributed by atoms with Gasteiger partial charge in [-0.05, 0) is 55.3 Å². The third kappa shape index (κ3) is 5.23. The largest absolute Gasteiger partial charge is 0.367 e. The van der Waals surface area contributed by atoms with E-state index in [0.29, 0.717) is 41.7 Å². The first-order valence-corrected chi connectivity index (χ1v) is 8.83. The molecule has 0 unspecified atom stereocenters. The van der Waals surface area contributed by atoms with E-state index in [-0.39, 0.29) is 5.91 Å². The Labute approximate surface area is 162 Å². The van der Waals surface area contributed by atoms with Gasteiger partial charge in [-0.25, -0.2) is 9.37 Å². The Morgan fingerprint density at radius 3 is 2.39 bits per heavy atom. The molecule has 0 fully saturated rings. The smallest absolute Gasteiger partial charge is 0.251 e. The average Bonchev–Trinajstić information content (AvgIpc) is 2.70. The summed E-state index contributed by atoms with van der Waals surface area (Å²) in [6.45, 7) is 4.45. The molecule has 0 saturated heterocycles. The number of rotatable bonds is 7. The van der Waals surface area contributed by atoms with Crippen molar-refractivity contribution in [2.75, 3.05) is 23.7 Å². The standard InChI is InChI=1S/C20H21FN6O/c1-13-3-6-17(24-12-13)25-19-8-7-18(26-27-19)22-9-10-23-20(28)15-5-4-14(2)16(21)11-15/h3-8,11-12H,9-10H2,1-2H3,(H,22,26)(H,23,28)(H,24,25,27). The van der Waals surface area contributed by atoms with Gasteiger partial charge in [0.2, 0.25) is 0 Å². The van der Waals surface area contributed by atoms with Crippen molar-refractivity contribution in [3.8, 4) is 0 Å². The predicted octanol–water partition coefficient (Wildman–Crippen LogP) is 3.21. The number of halogens is 1. The maximum absolute atomic E-state index is 13.5. The minimum Gasteiger partial charge on any atom is -0.367 e. The van der Waals surface area contributed by atoms with E-state index >= 15 is 0 Å². The Balaban J connectivity index is 1.44. The Kier molecular flexibility index (Phi) is 6.11. The minimum atomic E-state index is -0.393. The van der Waals surface area contributed by atoms with Crippen molar-refractivity contribution in [3.63, 3.8) is 0 Å². The van der Waals surface area contributed by atoms with Crippen LogP contribution in [-0.4, -0.2) is 34.2 Å². The van der Waals surface area contributed by atoms with Gasteiger partial charge in [-0.15, -0.1) is 10.2 Å². The van der Waals surface area contributed by atoms with E-state index in [1.807, 2.05) is 19.1 Å². The number of nitrogens with zero attached hydrogens (tertiary/aromatic N) is 3. The van der Waals surface area contributed by atoms with E-state index in [9.17, 15) is 9.18 Å². The maximum Gasteiger partial charge on any atom is 0.251 e. The summed E-state index contributed by atoms with van der Waals surface area (Å²) >= 11 is 0. The molecule has 7 nitrogen and oxygen atoms in total. The molecular weight excluding hydrogens is 359 g/mol. The van der Waals surface area contributed by atoms with Crippen molar-refractivity contribution in [2.24, 2.45) is 0 Å². The fourth-order valence-corrected chi connectivity index (χ4v) is 2.37. The summed E-state index contributed by atoms with van der Waals surface area (Å²) in [4.78, 5) is 16.3. The lowest BCUT2D eigenvalue weighted by Gasteiger charge is -2.08. The number of amides is 1. The van der Waals surface area contributed by atoms with Crippen molar-refractivity contribution >= 4 is 23.4 Å². The monoisotopic (exact) mass is 380 g/mol. The molecule has 144 valence electrons. The Morgan fingerprint density at radius 2 is 1.71 bits per heavy atom. The summed E-state index contributed by atoms with van der Waals surface area (Å²) in [5.41, 5.74) is 1.88. The van der Waals surface area contributed by atoms with Gasteiger partial charge < -0.3 is 16.0 Å². The lowest BCUT2D eigenvalue weighted by molar-refractivity contribution is 0.0954. The zero-order valence-electron chi connectivity index (χ0n) is 15.7. The molecule has 0 radical (unpaired) electrons. The zero-order valence-corrected chi connectivity index (χ0v) is 15.7. The van der Waals surface area contributed by atoms with Gasteiger partial charge in [-0.3, -0.25) is 4.79 Å². The van der Waals surface area contributed by atoms with Crippen molar-refractivity contribution in [1.82, 2.24) is 20.5 Å². The van der Waals surface area contributed by atoms with E-state index in [2.05, 4.69) is 31.1 Å². The molecule has 0 aliphatic rings. The van der Waals surface area contributed by atoms with Crippen LogP contribution in [-0.2, 0) is 0 Å². The molecule has 3 rings (SSSR count). The molecule has 0 atom stereocenters. The summed E-state index contributed by atoms with van der Waals surface area (Å²) in [5.74, 6) is 1.14. The molecule has 0 bridgehead atoms. The lowest BCUT2D eigenvalue weighted by Crippen LogP contribution is -2.29. The normalized spacial score (nSPS) is 10.4. The molecule has 0 aliphatic carbocycles. The lowest BCUT2D eigenvalue weighted by atomic mass is 10.1. The van der Waals surface area contributed by atoms with Crippen LogP contribution in [0.1, 0.15) is 21.5 Å². The Hall–Kier alpha value is -3.55. The SMILES string of the molecule is Cc1ccc(Nc2ccc(NCCNC(=O)c3ccc(C)c(F)c3)nn2)nc1. The molecule has 2 heterocycles. The summed E-state index contributed by atoms with van der Waals surface area (Å²) in [7, 11) is 0. The van der Waals surface area contributed by atoms with E-state index in [1.165, 1.54) is 6.07 Å². The summed E-state index contributed by atoms with van der Waals surface area (Å²) in [5, 5.41) is 17.0.